The molecular formula is C13H14N4O4S2. The lowest BCUT2D eigenvalue weighted by Crippen LogP contribution is -2.27. The van der Waals surface area contributed by atoms with Gasteiger partial charge in [-0.05, 0) is 13.8 Å². The highest BCUT2D eigenvalue weighted by Crippen LogP contribution is 2.40. The first kappa shape index (κ1) is 16.1. The van der Waals surface area contributed by atoms with Crippen LogP contribution in [0.5, 0.6) is 0 Å². The average molecular weight is 354 g/mol. The molecule has 10 heteroatoms. The fraction of sp³-hybridized carbons (Fsp3) is 0.462. The van der Waals surface area contributed by atoms with Gasteiger partial charge in [-0.2, -0.15) is 4.98 Å². The summed E-state index contributed by atoms with van der Waals surface area (Å²) in [6, 6.07) is 0. The average Bonchev–Trinajstić information content (AvgIpc) is 2.99. The summed E-state index contributed by atoms with van der Waals surface area (Å²) in [6.07, 6.45) is -1.62. The number of rotatable bonds is 2. The van der Waals surface area contributed by atoms with Gasteiger partial charge in [0, 0.05) is 0 Å². The number of aromatic amines is 1. The molecule has 1 aliphatic heterocycles. The molecule has 122 valence electrons. The molecule has 8 nitrogen and oxygen atoms in total. The third-order valence-electron chi connectivity index (χ3n) is 3.32. The number of nitrogens with one attached hydrogen (secondary N) is 1. The van der Waals surface area contributed by atoms with Gasteiger partial charge in [0.2, 0.25) is 5.95 Å². The van der Waals surface area contributed by atoms with E-state index >= 15 is 0 Å². The molecule has 4 N–H and O–H groups in total. The molecule has 0 radical (unpaired) electrons. The maximum absolute atomic E-state index is 12.3. The number of hydrogen-bond donors (Lipinski definition) is 3. The van der Waals surface area contributed by atoms with E-state index in [-0.39, 0.29) is 26.4 Å². The molecule has 4 atom stereocenters. The summed E-state index contributed by atoms with van der Waals surface area (Å²) in [7, 11) is 0. The maximum atomic E-state index is 12.3. The summed E-state index contributed by atoms with van der Waals surface area (Å²) in [4.78, 5) is 30.3. The quantitative estimate of drug-likeness (QED) is 0.653. The van der Waals surface area contributed by atoms with E-state index < -0.39 is 23.3 Å². The fourth-order valence-electron chi connectivity index (χ4n) is 2.36. The molecule has 0 spiro atoms. The second-order valence-corrected chi connectivity index (χ2v) is 7.36. The molecule has 3 rings (SSSR count). The first-order valence-electron chi connectivity index (χ1n) is 6.74. The molecule has 1 saturated heterocycles. The van der Waals surface area contributed by atoms with Crippen LogP contribution >= 0.6 is 23.1 Å². The van der Waals surface area contributed by atoms with Crippen molar-refractivity contribution < 1.29 is 9.84 Å². The van der Waals surface area contributed by atoms with Crippen molar-refractivity contribution >= 4 is 39.4 Å². The number of thioether (sulfide) groups is 1. The Balaban J connectivity index is 2.07. The first-order chi connectivity index (χ1) is 10.9. The topological polar surface area (TPSA) is 123 Å². The summed E-state index contributed by atoms with van der Waals surface area (Å²) in [5, 5.41) is 9.82. The van der Waals surface area contributed by atoms with E-state index in [1.54, 1.807) is 6.92 Å². The van der Waals surface area contributed by atoms with Gasteiger partial charge < -0.3 is 15.6 Å². The number of nitrogens with zero attached hydrogens (tertiary/aromatic N) is 2. The fourth-order valence-corrected chi connectivity index (χ4v) is 4.35. The van der Waals surface area contributed by atoms with Crippen molar-refractivity contribution in [3.63, 3.8) is 0 Å². The maximum Gasteiger partial charge on any atom is 0.311 e. The zero-order valence-corrected chi connectivity index (χ0v) is 13.9. The predicted octanol–water partition coefficient (Wildman–Crippen LogP) is 0.0893. The number of anilines is 1. The Kier molecular flexibility index (Phi) is 4.20. The predicted molar refractivity (Wildman–Crippen MR) is 89.3 cm³/mol. The number of aliphatic hydroxyl groups is 1. The molecule has 0 amide bonds. The van der Waals surface area contributed by atoms with E-state index in [0.717, 1.165) is 11.3 Å². The number of nitrogen functional groups attached to an aromatic ring is 1. The molecule has 0 bridgehead atoms. The number of fused-ring (bicyclic) bond motifs is 1. The number of hydrogen-bond acceptors (Lipinski definition) is 8. The number of H-pyrrole nitrogens is 1. The van der Waals surface area contributed by atoms with E-state index in [4.69, 9.17) is 10.5 Å². The van der Waals surface area contributed by atoms with Gasteiger partial charge in [0.1, 0.15) is 16.2 Å². The molecule has 3 unspecified atom stereocenters. The van der Waals surface area contributed by atoms with Crippen LogP contribution in [0.1, 0.15) is 20.1 Å². The zero-order valence-electron chi connectivity index (χ0n) is 12.3. The van der Waals surface area contributed by atoms with E-state index in [1.807, 2.05) is 6.92 Å². The van der Waals surface area contributed by atoms with Crippen molar-refractivity contribution in [2.45, 2.75) is 36.9 Å². The molecule has 1 aliphatic rings. The highest BCUT2D eigenvalue weighted by atomic mass is 32.2. The molecule has 23 heavy (non-hydrogen) atoms. The number of aliphatic hydroxyl groups excluding tert-OH is 1. The third kappa shape index (κ3) is 2.76. The second-order valence-electron chi connectivity index (χ2n) is 4.92. The minimum atomic E-state index is -0.959. The van der Waals surface area contributed by atoms with Gasteiger partial charge in [-0.1, -0.05) is 17.3 Å². The van der Waals surface area contributed by atoms with E-state index in [0.29, 0.717) is 0 Å². The second kappa shape index (κ2) is 6.01. The highest BCUT2D eigenvalue weighted by molar-refractivity contribution is 8.00. The molecule has 3 heterocycles. The van der Waals surface area contributed by atoms with Gasteiger partial charge in [-0.25, -0.2) is 0 Å². The van der Waals surface area contributed by atoms with E-state index in [9.17, 15) is 14.7 Å². The van der Waals surface area contributed by atoms with Gasteiger partial charge in [0.05, 0.1) is 5.25 Å². The van der Waals surface area contributed by atoms with Crippen LogP contribution in [-0.4, -0.2) is 36.4 Å². The largest absolute Gasteiger partial charge is 0.377 e. The summed E-state index contributed by atoms with van der Waals surface area (Å²) < 4.78 is 7.30. The molecule has 2 aromatic heterocycles. The van der Waals surface area contributed by atoms with Crippen LogP contribution in [0.3, 0.4) is 0 Å². The number of aromatic nitrogens is 3. The van der Waals surface area contributed by atoms with Crippen molar-refractivity contribution in [2.24, 2.45) is 0 Å². The first-order valence-corrected chi connectivity index (χ1v) is 8.50. The van der Waals surface area contributed by atoms with Crippen molar-refractivity contribution in [1.82, 2.24) is 14.5 Å². The van der Waals surface area contributed by atoms with Crippen molar-refractivity contribution in [1.29, 1.82) is 0 Å². The smallest absolute Gasteiger partial charge is 0.311 e. The lowest BCUT2D eigenvalue weighted by molar-refractivity contribution is -0.0292. The Morgan fingerprint density at radius 3 is 2.96 bits per heavy atom. The molecule has 2 aromatic rings. The normalized spacial score (nSPS) is 25.3. The van der Waals surface area contributed by atoms with Crippen LogP contribution in [0.4, 0.5) is 5.95 Å². The molecular weight excluding hydrogens is 340 g/mol. The SMILES string of the molecule is CC#CC(O)C1OC(n2c(=O)sc3c(=O)[nH]c(N)nc32)[C@H](C)S1. The minimum Gasteiger partial charge on any atom is -0.377 e. The van der Waals surface area contributed by atoms with Crippen molar-refractivity contribution in [3.05, 3.63) is 20.0 Å². The Morgan fingerprint density at radius 1 is 1.52 bits per heavy atom. The zero-order chi connectivity index (χ0) is 16.7. The van der Waals surface area contributed by atoms with Crippen LogP contribution < -0.4 is 16.2 Å². The van der Waals surface area contributed by atoms with Crippen molar-refractivity contribution in [3.8, 4) is 11.8 Å². The Labute approximate surface area is 138 Å². The Morgan fingerprint density at radius 2 is 2.26 bits per heavy atom. The van der Waals surface area contributed by atoms with Crippen LogP contribution in [0.25, 0.3) is 10.3 Å². The highest BCUT2D eigenvalue weighted by Gasteiger charge is 2.39. The van der Waals surface area contributed by atoms with Gasteiger partial charge in [0.15, 0.2) is 11.9 Å². The number of ether oxygens (including phenoxy) is 1. The van der Waals surface area contributed by atoms with Gasteiger partial charge in [-0.3, -0.25) is 19.1 Å². The standard InChI is InChI=1S/C13H14N4O4S2/c1-3-4-6(18)11-21-10(5(2)22-11)17-8-7(23-13(17)20)9(19)16-12(14)15-8/h5-6,10-11,18H,1-2H3,(H3,14,15,16,19)/t5-,6?,10?,11?/m0/s1. The summed E-state index contributed by atoms with van der Waals surface area (Å²) >= 11 is 2.16. The van der Waals surface area contributed by atoms with Crippen LogP contribution in [0.15, 0.2) is 9.59 Å². The van der Waals surface area contributed by atoms with Gasteiger partial charge >= 0.3 is 4.87 Å². The number of thiazole rings is 1. The Hall–Kier alpha value is -1.80. The van der Waals surface area contributed by atoms with Crippen LogP contribution in [-0.2, 0) is 4.74 Å². The monoisotopic (exact) mass is 354 g/mol. The van der Waals surface area contributed by atoms with E-state index in [2.05, 4.69) is 21.8 Å². The lowest BCUT2D eigenvalue weighted by Gasteiger charge is -2.16. The molecule has 0 saturated carbocycles. The molecule has 1 fully saturated rings. The van der Waals surface area contributed by atoms with Gasteiger partial charge in [-0.15, -0.1) is 17.7 Å². The van der Waals surface area contributed by atoms with Crippen molar-refractivity contribution in [2.75, 3.05) is 5.73 Å². The van der Waals surface area contributed by atoms with Crippen LogP contribution in [0, 0.1) is 11.8 Å². The van der Waals surface area contributed by atoms with Gasteiger partial charge in [0.25, 0.3) is 5.56 Å². The summed E-state index contributed by atoms with van der Waals surface area (Å²) in [6.45, 7) is 3.49. The lowest BCUT2D eigenvalue weighted by atomic mass is 10.3. The molecule has 0 aromatic carbocycles. The third-order valence-corrected chi connectivity index (χ3v) is 5.56. The minimum absolute atomic E-state index is 0.0687. The summed E-state index contributed by atoms with van der Waals surface area (Å²) in [5.74, 6) is 5.19. The number of nitrogens with two attached hydrogens (primary N) is 1. The molecule has 0 aliphatic carbocycles. The van der Waals surface area contributed by atoms with E-state index in [1.165, 1.54) is 16.3 Å². The Bertz CT molecular complexity index is 922. The van der Waals surface area contributed by atoms with Crippen LogP contribution in [0.2, 0.25) is 0 Å². The summed E-state index contributed by atoms with van der Waals surface area (Å²) in [5.41, 5.74) is 4.72.